The van der Waals surface area contributed by atoms with Gasteiger partial charge in [0.25, 0.3) is 5.91 Å². The Morgan fingerprint density at radius 3 is 2.95 bits per heavy atom. The van der Waals surface area contributed by atoms with E-state index in [0.29, 0.717) is 17.4 Å². The molecular formula is C14H24N4O. The van der Waals surface area contributed by atoms with Gasteiger partial charge in [-0.3, -0.25) is 9.48 Å². The van der Waals surface area contributed by atoms with Crippen LogP contribution in [0.1, 0.15) is 42.2 Å². The van der Waals surface area contributed by atoms with Crippen LogP contribution in [-0.4, -0.2) is 28.8 Å². The van der Waals surface area contributed by atoms with Gasteiger partial charge in [-0.25, -0.2) is 0 Å². The summed E-state index contributed by atoms with van der Waals surface area (Å²) in [5.74, 6) is 1.10. The molecule has 1 fully saturated rings. The first kappa shape index (κ1) is 14.1. The molecule has 1 aromatic heterocycles. The van der Waals surface area contributed by atoms with Gasteiger partial charge in [-0.15, -0.1) is 0 Å². The molecule has 19 heavy (non-hydrogen) atoms. The fourth-order valence-corrected chi connectivity index (χ4v) is 3.00. The minimum Gasteiger partial charge on any atom is -0.352 e. The van der Waals surface area contributed by atoms with Gasteiger partial charge in [0, 0.05) is 19.8 Å². The highest BCUT2D eigenvalue weighted by Gasteiger charge is 2.26. The van der Waals surface area contributed by atoms with Gasteiger partial charge < -0.3 is 11.1 Å². The highest BCUT2D eigenvalue weighted by Crippen LogP contribution is 2.30. The van der Waals surface area contributed by atoms with Gasteiger partial charge in [-0.1, -0.05) is 13.3 Å². The van der Waals surface area contributed by atoms with Gasteiger partial charge in [-0.05, 0) is 37.6 Å². The van der Waals surface area contributed by atoms with Crippen LogP contribution in [0.5, 0.6) is 0 Å². The van der Waals surface area contributed by atoms with E-state index >= 15 is 0 Å². The van der Waals surface area contributed by atoms with Crippen LogP contribution in [0.3, 0.4) is 0 Å². The summed E-state index contributed by atoms with van der Waals surface area (Å²) in [6, 6.07) is 0. The maximum absolute atomic E-state index is 12.2. The molecule has 5 nitrogen and oxygen atoms in total. The number of hydrogen-bond donors (Lipinski definition) is 2. The number of nitrogens with zero attached hydrogens (tertiary/aromatic N) is 2. The molecule has 1 saturated carbocycles. The van der Waals surface area contributed by atoms with Crippen LogP contribution in [0.25, 0.3) is 0 Å². The fraction of sp³-hybridized carbons (Fsp3) is 0.714. The molecule has 0 aromatic carbocycles. The second-order valence-electron chi connectivity index (χ2n) is 5.41. The third-order valence-corrected chi connectivity index (χ3v) is 4.13. The van der Waals surface area contributed by atoms with E-state index in [-0.39, 0.29) is 5.91 Å². The number of aryl methyl sites for hydroxylation is 2. The molecule has 2 rings (SSSR count). The van der Waals surface area contributed by atoms with Crippen molar-refractivity contribution in [2.45, 2.75) is 32.6 Å². The Morgan fingerprint density at radius 1 is 1.53 bits per heavy atom. The molecule has 1 amide bonds. The Kier molecular flexibility index (Phi) is 4.58. The Bertz CT molecular complexity index is 441. The zero-order valence-corrected chi connectivity index (χ0v) is 11.9. The van der Waals surface area contributed by atoms with E-state index in [1.807, 2.05) is 14.0 Å². The van der Waals surface area contributed by atoms with Crippen molar-refractivity contribution < 1.29 is 4.79 Å². The lowest BCUT2D eigenvalue weighted by atomic mass is 9.96. The molecule has 1 heterocycles. The predicted molar refractivity (Wildman–Crippen MR) is 74.8 cm³/mol. The van der Waals surface area contributed by atoms with Crippen LogP contribution < -0.4 is 11.1 Å². The van der Waals surface area contributed by atoms with Crippen molar-refractivity contribution >= 4 is 5.91 Å². The molecule has 0 aliphatic heterocycles. The summed E-state index contributed by atoms with van der Waals surface area (Å²) in [6.07, 6.45) is 6.18. The second-order valence-corrected chi connectivity index (χ2v) is 5.41. The van der Waals surface area contributed by atoms with Crippen LogP contribution in [0.2, 0.25) is 0 Å². The maximum Gasteiger partial charge on any atom is 0.254 e. The highest BCUT2D eigenvalue weighted by molar-refractivity contribution is 5.95. The van der Waals surface area contributed by atoms with Crippen molar-refractivity contribution in [3.8, 4) is 0 Å². The molecule has 2 atom stereocenters. The predicted octanol–water partition coefficient (Wildman–Crippen LogP) is 1.09. The number of nitrogens with two attached hydrogens (primary N) is 1. The molecule has 106 valence electrons. The quantitative estimate of drug-likeness (QED) is 0.836. The van der Waals surface area contributed by atoms with E-state index in [1.165, 1.54) is 19.3 Å². The van der Waals surface area contributed by atoms with E-state index in [4.69, 9.17) is 5.73 Å². The normalized spacial score (nSPS) is 22.7. The molecule has 3 N–H and O–H groups in total. The molecule has 0 bridgehead atoms. The number of nitrogens with one attached hydrogen (secondary N) is 1. The molecular weight excluding hydrogens is 240 g/mol. The Hall–Kier alpha value is -1.36. The summed E-state index contributed by atoms with van der Waals surface area (Å²) < 4.78 is 1.70. The van der Waals surface area contributed by atoms with Gasteiger partial charge in [0.1, 0.15) is 0 Å². The number of amides is 1. The molecule has 5 heteroatoms. The van der Waals surface area contributed by atoms with E-state index in [0.717, 1.165) is 25.2 Å². The number of carbonyl (C=O) groups excluding carboxylic acids is 1. The minimum absolute atomic E-state index is 0.00683. The number of hydrogen-bond acceptors (Lipinski definition) is 3. The van der Waals surface area contributed by atoms with Crippen LogP contribution in [0.4, 0.5) is 0 Å². The second kappa shape index (κ2) is 6.19. The van der Waals surface area contributed by atoms with Crippen molar-refractivity contribution in [3.63, 3.8) is 0 Å². The van der Waals surface area contributed by atoms with Crippen molar-refractivity contribution in [2.75, 3.05) is 13.1 Å². The summed E-state index contributed by atoms with van der Waals surface area (Å²) >= 11 is 0. The zero-order valence-electron chi connectivity index (χ0n) is 11.9. The fourth-order valence-electron chi connectivity index (χ4n) is 3.00. The molecule has 0 radical (unpaired) electrons. The molecule has 0 saturated heterocycles. The van der Waals surface area contributed by atoms with E-state index in [1.54, 1.807) is 10.9 Å². The Balaban J connectivity index is 1.94. The first-order valence-electron chi connectivity index (χ1n) is 7.16. The third-order valence-electron chi connectivity index (χ3n) is 4.13. The third kappa shape index (κ3) is 3.15. The number of carbonyl (C=O) groups is 1. The lowest BCUT2D eigenvalue weighted by Gasteiger charge is -2.18. The van der Waals surface area contributed by atoms with Crippen molar-refractivity contribution in [3.05, 3.63) is 17.5 Å². The Labute approximate surface area is 114 Å². The molecule has 1 aliphatic carbocycles. The van der Waals surface area contributed by atoms with Gasteiger partial charge >= 0.3 is 0 Å². The number of aromatic nitrogens is 2. The van der Waals surface area contributed by atoms with Gasteiger partial charge in [0.2, 0.25) is 0 Å². The van der Waals surface area contributed by atoms with Crippen LogP contribution in [0, 0.1) is 11.8 Å². The summed E-state index contributed by atoms with van der Waals surface area (Å²) in [5, 5.41) is 7.34. The summed E-state index contributed by atoms with van der Waals surface area (Å²) in [7, 11) is 1.84. The van der Waals surface area contributed by atoms with Crippen molar-refractivity contribution in [1.82, 2.24) is 15.1 Å². The van der Waals surface area contributed by atoms with Crippen molar-refractivity contribution in [1.29, 1.82) is 0 Å². The first-order valence-corrected chi connectivity index (χ1v) is 7.16. The lowest BCUT2D eigenvalue weighted by molar-refractivity contribution is 0.0943. The first-order chi connectivity index (χ1) is 9.15. The lowest BCUT2D eigenvalue weighted by Crippen LogP contribution is -2.33. The summed E-state index contributed by atoms with van der Waals surface area (Å²) in [4.78, 5) is 12.2. The zero-order chi connectivity index (χ0) is 13.8. The number of rotatable bonds is 5. The van der Waals surface area contributed by atoms with Crippen molar-refractivity contribution in [2.24, 2.45) is 24.6 Å². The van der Waals surface area contributed by atoms with Crippen LogP contribution >= 0.6 is 0 Å². The summed E-state index contributed by atoms with van der Waals surface area (Å²) in [6.45, 7) is 3.48. The highest BCUT2D eigenvalue weighted by atomic mass is 16.1. The molecule has 2 unspecified atom stereocenters. The minimum atomic E-state index is -0.00683. The van der Waals surface area contributed by atoms with E-state index < -0.39 is 0 Å². The van der Waals surface area contributed by atoms with E-state index in [9.17, 15) is 4.79 Å². The summed E-state index contributed by atoms with van der Waals surface area (Å²) in [5.41, 5.74) is 7.33. The molecule has 1 aromatic rings. The monoisotopic (exact) mass is 264 g/mol. The molecule has 0 spiro atoms. The topological polar surface area (TPSA) is 72.9 Å². The van der Waals surface area contributed by atoms with E-state index in [2.05, 4.69) is 10.4 Å². The average Bonchev–Trinajstić information content (AvgIpc) is 3.01. The van der Waals surface area contributed by atoms with Gasteiger partial charge in [-0.2, -0.15) is 5.10 Å². The smallest absolute Gasteiger partial charge is 0.254 e. The van der Waals surface area contributed by atoms with Gasteiger partial charge in [0.05, 0.1) is 11.3 Å². The standard InChI is InChI=1S/C14H24N4O/c1-3-13-12(9-18(2)17-13)14(19)16-8-11-6-4-5-10(11)7-15/h9-11H,3-8,15H2,1-2H3,(H,16,19). The average molecular weight is 264 g/mol. The van der Waals surface area contributed by atoms with Crippen LogP contribution in [0.15, 0.2) is 6.20 Å². The largest absolute Gasteiger partial charge is 0.352 e. The van der Waals surface area contributed by atoms with Crippen LogP contribution in [-0.2, 0) is 13.5 Å². The van der Waals surface area contributed by atoms with Gasteiger partial charge in [0.15, 0.2) is 0 Å². The molecule has 1 aliphatic rings. The SMILES string of the molecule is CCc1nn(C)cc1C(=O)NCC1CCCC1CN. The Morgan fingerprint density at radius 2 is 2.26 bits per heavy atom. The maximum atomic E-state index is 12.2.